The van der Waals surface area contributed by atoms with E-state index in [9.17, 15) is 0 Å². The minimum Gasteiger partial charge on any atom is -0.384 e. The van der Waals surface area contributed by atoms with Crippen molar-refractivity contribution in [2.45, 2.75) is 6.92 Å². The molecule has 0 bridgehead atoms. The number of nitrogens with zero attached hydrogens (tertiary/aromatic N) is 2. The number of pyridine rings is 2. The average molecular weight is 185 g/mol. The zero-order chi connectivity index (χ0) is 9.97. The molecule has 2 aromatic heterocycles. The fourth-order valence-corrected chi connectivity index (χ4v) is 1.31. The summed E-state index contributed by atoms with van der Waals surface area (Å²) in [6, 6.07) is 9.63. The van der Waals surface area contributed by atoms with Crippen molar-refractivity contribution >= 4 is 5.82 Å². The first-order valence-corrected chi connectivity index (χ1v) is 4.41. The molecular weight excluding hydrogens is 174 g/mol. The Morgan fingerprint density at radius 3 is 2.79 bits per heavy atom. The monoisotopic (exact) mass is 185 g/mol. The van der Waals surface area contributed by atoms with E-state index in [0.29, 0.717) is 5.82 Å². The van der Waals surface area contributed by atoms with Crippen LogP contribution in [0.2, 0.25) is 0 Å². The summed E-state index contributed by atoms with van der Waals surface area (Å²) in [4.78, 5) is 8.34. The maximum atomic E-state index is 5.60. The number of aromatic nitrogens is 2. The number of aryl methyl sites for hydroxylation is 1. The van der Waals surface area contributed by atoms with Crippen LogP contribution in [0.25, 0.3) is 11.3 Å². The van der Waals surface area contributed by atoms with Gasteiger partial charge in [0.25, 0.3) is 0 Å². The van der Waals surface area contributed by atoms with Gasteiger partial charge in [-0.15, -0.1) is 0 Å². The molecule has 0 aliphatic rings. The molecule has 0 aliphatic carbocycles. The van der Waals surface area contributed by atoms with E-state index in [4.69, 9.17) is 5.73 Å². The highest BCUT2D eigenvalue weighted by Gasteiger charge is 1.99. The Morgan fingerprint density at radius 2 is 2.07 bits per heavy atom. The van der Waals surface area contributed by atoms with E-state index in [-0.39, 0.29) is 0 Å². The highest BCUT2D eigenvalue weighted by atomic mass is 14.8. The van der Waals surface area contributed by atoms with Gasteiger partial charge in [0.15, 0.2) is 0 Å². The summed E-state index contributed by atoms with van der Waals surface area (Å²) >= 11 is 0. The summed E-state index contributed by atoms with van der Waals surface area (Å²) in [5.41, 5.74) is 8.52. The Bertz CT molecular complexity index is 408. The van der Waals surface area contributed by atoms with Gasteiger partial charge >= 0.3 is 0 Å². The highest BCUT2D eigenvalue weighted by molar-refractivity contribution is 5.61. The second kappa shape index (κ2) is 3.46. The number of nitrogen functional groups attached to an aromatic ring is 1. The molecule has 2 aromatic rings. The Labute approximate surface area is 82.6 Å². The predicted molar refractivity (Wildman–Crippen MR) is 56.6 cm³/mol. The smallest absolute Gasteiger partial charge is 0.123 e. The fraction of sp³-hybridized carbons (Fsp3) is 0.0909. The summed E-state index contributed by atoms with van der Waals surface area (Å²) in [5.74, 6) is 0.519. The number of hydrogen-bond donors (Lipinski definition) is 1. The molecule has 2 heterocycles. The first-order chi connectivity index (χ1) is 6.75. The molecule has 3 heteroatoms. The van der Waals surface area contributed by atoms with Crippen LogP contribution in [0.1, 0.15) is 5.69 Å². The van der Waals surface area contributed by atoms with Gasteiger partial charge in [-0.1, -0.05) is 6.07 Å². The van der Waals surface area contributed by atoms with Crippen LogP contribution in [0, 0.1) is 6.92 Å². The molecule has 0 saturated carbocycles. The maximum absolute atomic E-state index is 5.60. The van der Waals surface area contributed by atoms with Crippen LogP contribution < -0.4 is 5.73 Å². The predicted octanol–water partition coefficient (Wildman–Crippen LogP) is 2.03. The first kappa shape index (κ1) is 8.69. The van der Waals surface area contributed by atoms with Gasteiger partial charge in [-0.2, -0.15) is 0 Å². The number of hydrogen-bond acceptors (Lipinski definition) is 3. The van der Waals surface area contributed by atoms with E-state index in [1.54, 1.807) is 6.20 Å². The Balaban J connectivity index is 2.49. The molecule has 2 N–H and O–H groups in total. The number of anilines is 1. The van der Waals surface area contributed by atoms with E-state index in [1.807, 2.05) is 37.3 Å². The average Bonchev–Trinajstić information content (AvgIpc) is 2.18. The first-order valence-electron chi connectivity index (χ1n) is 4.41. The summed E-state index contributed by atoms with van der Waals surface area (Å²) in [5, 5.41) is 0. The lowest BCUT2D eigenvalue weighted by Gasteiger charge is -2.01. The molecule has 0 radical (unpaired) electrons. The van der Waals surface area contributed by atoms with Crippen LogP contribution >= 0.6 is 0 Å². The van der Waals surface area contributed by atoms with Crippen molar-refractivity contribution in [3.8, 4) is 11.3 Å². The van der Waals surface area contributed by atoms with E-state index < -0.39 is 0 Å². The Morgan fingerprint density at radius 1 is 1.21 bits per heavy atom. The summed E-state index contributed by atoms with van der Waals surface area (Å²) < 4.78 is 0. The van der Waals surface area contributed by atoms with Gasteiger partial charge in [-0.05, 0) is 31.2 Å². The molecule has 0 spiro atoms. The highest BCUT2D eigenvalue weighted by Crippen LogP contribution is 2.17. The third kappa shape index (κ3) is 1.71. The molecule has 0 saturated heterocycles. The van der Waals surface area contributed by atoms with Crippen LogP contribution in [0.5, 0.6) is 0 Å². The normalized spacial score (nSPS) is 10.1. The Kier molecular flexibility index (Phi) is 2.14. The fourth-order valence-electron chi connectivity index (χ4n) is 1.31. The lowest BCUT2D eigenvalue weighted by Crippen LogP contribution is -1.91. The lowest BCUT2D eigenvalue weighted by atomic mass is 10.1. The van der Waals surface area contributed by atoms with E-state index in [2.05, 4.69) is 9.97 Å². The Hall–Kier alpha value is -1.90. The lowest BCUT2D eigenvalue weighted by molar-refractivity contribution is 1.20. The summed E-state index contributed by atoms with van der Waals surface area (Å²) in [6.45, 7) is 1.97. The molecule has 0 aliphatic heterocycles. The van der Waals surface area contributed by atoms with Crippen LogP contribution in [0.15, 0.2) is 36.5 Å². The molecule has 0 amide bonds. The van der Waals surface area contributed by atoms with Crippen molar-refractivity contribution in [1.29, 1.82) is 0 Å². The van der Waals surface area contributed by atoms with Gasteiger partial charge in [0.05, 0.1) is 5.69 Å². The van der Waals surface area contributed by atoms with Gasteiger partial charge < -0.3 is 5.73 Å². The van der Waals surface area contributed by atoms with Crippen LogP contribution in [-0.2, 0) is 0 Å². The van der Waals surface area contributed by atoms with E-state index in [1.165, 1.54) is 0 Å². The van der Waals surface area contributed by atoms with Crippen molar-refractivity contribution < 1.29 is 0 Å². The topological polar surface area (TPSA) is 51.8 Å². The van der Waals surface area contributed by atoms with E-state index >= 15 is 0 Å². The van der Waals surface area contributed by atoms with Crippen molar-refractivity contribution in [2.75, 3.05) is 5.73 Å². The van der Waals surface area contributed by atoms with Crippen molar-refractivity contribution in [2.24, 2.45) is 0 Å². The molecule has 0 fully saturated rings. The van der Waals surface area contributed by atoms with E-state index in [0.717, 1.165) is 17.0 Å². The summed E-state index contributed by atoms with van der Waals surface area (Å²) in [7, 11) is 0. The molecule has 70 valence electrons. The number of rotatable bonds is 1. The standard InChI is InChI=1S/C11H11N3/c1-8-3-2-4-10(14-8)9-5-6-13-11(12)7-9/h2-7H,1H3,(H2,12,13). The van der Waals surface area contributed by atoms with Crippen molar-refractivity contribution in [3.63, 3.8) is 0 Å². The second-order valence-corrected chi connectivity index (χ2v) is 3.13. The molecule has 0 atom stereocenters. The quantitative estimate of drug-likeness (QED) is 0.739. The second-order valence-electron chi connectivity index (χ2n) is 3.13. The molecule has 0 aromatic carbocycles. The molecule has 2 rings (SSSR count). The molecule has 3 nitrogen and oxygen atoms in total. The van der Waals surface area contributed by atoms with Gasteiger partial charge in [0, 0.05) is 17.5 Å². The van der Waals surface area contributed by atoms with Gasteiger partial charge in [-0.3, -0.25) is 4.98 Å². The third-order valence-electron chi connectivity index (χ3n) is 1.97. The zero-order valence-electron chi connectivity index (χ0n) is 7.94. The summed E-state index contributed by atoms with van der Waals surface area (Å²) in [6.07, 6.45) is 1.69. The van der Waals surface area contributed by atoms with Gasteiger partial charge in [-0.25, -0.2) is 4.98 Å². The van der Waals surface area contributed by atoms with Crippen LogP contribution in [0.4, 0.5) is 5.82 Å². The van der Waals surface area contributed by atoms with Crippen LogP contribution in [0.3, 0.4) is 0 Å². The number of nitrogens with two attached hydrogens (primary N) is 1. The molecule has 0 unspecified atom stereocenters. The SMILES string of the molecule is Cc1cccc(-c2ccnc(N)c2)n1. The minimum atomic E-state index is 0.519. The van der Waals surface area contributed by atoms with Crippen molar-refractivity contribution in [3.05, 3.63) is 42.2 Å². The molecular formula is C11H11N3. The van der Waals surface area contributed by atoms with Gasteiger partial charge in [0.2, 0.25) is 0 Å². The zero-order valence-corrected chi connectivity index (χ0v) is 7.94. The third-order valence-corrected chi connectivity index (χ3v) is 1.97. The molecule has 14 heavy (non-hydrogen) atoms. The maximum Gasteiger partial charge on any atom is 0.123 e. The van der Waals surface area contributed by atoms with Gasteiger partial charge in [0.1, 0.15) is 5.82 Å². The largest absolute Gasteiger partial charge is 0.384 e. The minimum absolute atomic E-state index is 0.519. The van der Waals surface area contributed by atoms with Crippen molar-refractivity contribution in [1.82, 2.24) is 9.97 Å². The van der Waals surface area contributed by atoms with Crippen LogP contribution in [-0.4, -0.2) is 9.97 Å².